The van der Waals surface area contributed by atoms with Crippen molar-refractivity contribution in [1.29, 1.82) is 0 Å². The minimum atomic E-state index is -3.19. The molecule has 0 unspecified atom stereocenters. The third-order valence-corrected chi connectivity index (χ3v) is 16.2. The van der Waals surface area contributed by atoms with Gasteiger partial charge in [-0.05, 0) is 18.1 Å². The van der Waals surface area contributed by atoms with Crippen LogP contribution >= 0.6 is 0 Å². The molecule has 3 aromatic heterocycles. The van der Waals surface area contributed by atoms with Crippen LogP contribution in [-0.2, 0) is 20.1 Å². The Morgan fingerprint density at radius 1 is 0.706 bits per heavy atom. The van der Waals surface area contributed by atoms with Gasteiger partial charge in [-0.2, -0.15) is 0 Å². The first-order valence-corrected chi connectivity index (χ1v) is 22.2. The molecule has 0 spiro atoms. The van der Waals surface area contributed by atoms with E-state index in [-0.39, 0.29) is 42.9 Å². The maximum Gasteiger partial charge on any atom is 0 e. The molecule has 0 bridgehead atoms. The molecular weight excluding hydrogens is 875 g/mol. The Morgan fingerprint density at radius 3 is 2.20 bits per heavy atom. The molecule has 5 aromatic carbocycles. The van der Waals surface area contributed by atoms with E-state index in [1.165, 1.54) is 42.7 Å². The van der Waals surface area contributed by atoms with E-state index in [4.69, 9.17) is 12.6 Å². The quantitative estimate of drug-likeness (QED) is 0.128. The van der Waals surface area contributed by atoms with Gasteiger partial charge < -0.3 is 4.98 Å². The summed E-state index contributed by atoms with van der Waals surface area (Å²) in [7, 11) is 0. The molecule has 3 nitrogen and oxygen atoms in total. The van der Waals surface area contributed by atoms with E-state index in [0.717, 1.165) is 36.3 Å². The van der Waals surface area contributed by atoms with E-state index >= 15 is 0 Å². The van der Waals surface area contributed by atoms with Crippen LogP contribution in [0.25, 0.3) is 55.6 Å². The first kappa shape index (κ1) is 28.9. The molecule has 0 aliphatic rings. The summed E-state index contributed by atoms with van der Waals surface area (Å²) in [6.45, 7) is -4.48. The number of nitrogens with zero attached hydrogens (tertiary/aromatic N) is 2. The van der Waals surface area contributed by atoms with Gasteiger partial charge >= 0.3 is 211 Å². The second kappa shape index (κ2) is 15.2. The van der Waals surface area contributed by atoms with Crippen molar-refractivity contribution in [3.8, 4) is 33.6 Å². The fourth-order valence-corrected chi connectivity index (χ4v) is 11.3. The summed E-state index contributed by atoms with van der Waals surface area (Å²) in [5.41, 5.74) is 6.49. The predicted molar refractivity (Wildman–Crippen MR) is 202 cm³/mol. The molecule has 0 atom stereocenters. The van der Waals surface area contributed by atoms with Gasteiger partial charge in [-0.3, -0.25) is 4.39 Å². The van der Waals surface area contributed by atoms with Crippen molar-refractivity contribution in [1.82, 2.24) is 9.97 Å². The number of aryl methyl sites for hydroxylation is 2. The number of benzene rings is 5. The van der Waals surface area contributed by atoms with Crippen molar-refractivity contribution in [2.24, 2.45) is 0 Å². The summed E-state index contributed by atoms with van der Waals surface area (Å²) in [5.74, 6) is 3.56. The average molecular weight is 916 g/mol. The smallest absolute Gasteiger partial charge is 0 e. The van der Waals surface area contributed by atoms with Gasteiger partial charge in [0, 0.05) is 36.2 Å². The Bertz CT molecular complexity index is 2650. The SMILES string of the molecule is [2H]C([2H])([2H])c1ccc(-c2[c-]cc(F)cc2)nc1.[2H]C([2H])([2H])c1cnc(-c2[c-]ccc3c2oc2cc(-c4ccccc4)ccc23)c[c]1[Ge]([CH3])([CH3])[c]1ccc(F)cc1.[Ir]. The molecule has 8 rings (SSSR count). The Kier molecular flexibility index (Phi) is 8.63. The number of halogens is 2. The third-order valence-electron chi connectivity index (χ3n) is 8.75. The van der Waals surface area contributed by atoms with Gasteiger partial charge in [0.25, 0.3) is 0 Å². The van der Waals surface area contributed by atoms with Crippen molar-refractivity contribution in [2.45, 2.75) is 25.2 Å². The number of fused-ring (bicyclic) bond motifs is 3. The maximum atomic E-state index is 13.7. The number of aromatic nitrogens is 2. The molecule has 0 fully saturated rings. The summed E-state index contributed by atoms with van der Waals surface area (Å²) in [4.78, 5) is 8.63. The molecule has 255 valence electrons. The van der Waals surface area contributed by atoms with Crippen LogP contribution < -0.4 is 8.79 Å². The first-order valence-electron chi connectivity index (χ1n) is 18.9. The van der Waals surface area contributed by atoms with Gasteiger partial charge in [0.1, 0.15) is 0 Å². The summed E-state index contributed by atoms with van der Waals surface area (Å²) in [6, 6.07) is 41.6. The number of rotatable bonds is 5. The summed E-state index contributed by atoms with van der Waals surface area (Å²) < 4.78 is 80.8. The van der Waals surface area contributed by atoms with Crippen LogP contribution in [0.15, 0.2) is 138 Å². The molecule has 0 aliphatic carbocycles. The molecule has 0 N–H and O–H groups in total. The van der Waals surface area contributed by atoms with Gasteiger partial charge in [0.2, 0.25) is 0 Å². The predicted octanol–water partition coefficient (Wildman–Crippen LogP) is 10.4. The number of furan rings is 1. The van der Waals surface area contributed by atoms with Crippen LogP contribution in [0.3, 0.4) is 0 Å². The maximum absolute atomic E-state index is 13.7. The molecular formula is C44H34F2GeIrN2O-2. The van der Waals surface area contributed by atoms with Crippen molar-refractivity contribution in [3.05, 3.63) is 169 Å². The van der Waals surface area contributed by atoms with Gasteiger partial charge in [0.05, 0.1) is 0 Å². The average Bonchev–Trinajstić information content (AvgIpc) is 3.56. The normalized spacial score (nSPS) is 13.4. The molecule has 0 aliphatic heterocycles. The third kappa shape index (κ3) is 7.64. The monoisotopic (exact) mass is 917 g/mol. The zero-order valence-electron chi connectivity index (χ0n) is 33.6. The largest absolute Gasteiger partial charge is 0 e. The second-order valence-electron chi connectivity index (χ2n) is 12.4. The van der Waals surface area contributed by atoms with Crippen molar-refractivity contribution < 1.29 is 41.5 Å². The molecule has 1 radical (unpaired) electrons. The van der Waals surface area contributed by atoms with Crippen LogP contribution in [0.2, 0.25) is 11.5 Å². The zero-order valence-corrected chi connectivity index (χ0v) is 32.1. The van der Waals surface area contributed by atoms with Gasteiger partial charge in [0.15, 0.2) is 0 Å². The van der Waals surface area contributed by atoms with E-state index in [2.05, 4.69) is 57.9 Å². The zero-order chi connectivity index (χ0) is 39.8. The molecule has 51 heavy (non-hydrogen) atoms. The first-order chi connectivity index (χ1) is 26.6. The molecule has 7 heteroatoms. The molecule has 8 aromatic rings. The number of hydrogen-bond donors (Lipinski definition) is 0. The van der Waals surface area contributed by atoms with Gasteiger partial charge in [-0.25, -0.2) is 0 Å². The summed E-state index contributed by atoms with van der Waals surface area (Å²) >= 11 is -3.19. The van der Waals surface area contributed by atoms with E-state index in [0.29, 0.717) is 28.1 Å². The molecule has 3 heterocycles. The van der Waals surface area contributed by atoms with Gasteiger partial charge in [-0.15, -0.1) is 29.8 Å². The number of hydrogen-bond acceptors (Lipinski definition) is 3. The van der Waals surface area contributed by atoms with Gasteiger partial charge in [-0.1, -0.05) is 18.2 Å². The van der Waals surface area contributed by atoms with Crippen molar-refractivity contribution in [2.75, 3.05) is 0 Å². The second-order valence-corrected chi connectivity index (χ2v) is 21.5. The Balaban J connectivity index is 0.000000256. The summed E-state index contributed by atoms with van der Waals surface area (Å²) in [6.07, 6.45) is 2.77. The topological polar surface area (TPSA) is 38.9 Å². The molecule has 0 saturated heterocycles. The van der Waals surface area contributed by atoms with Crippen LogP contribution in [0.1, 0.15) is 19.4 Å². The van der Waals surface area contributed by atoms with Crippen LogP contribution in [-0.4, -0.2) is 23.2 Å². The minimum absolute atomic E-state index is 0. The molecule has 0 amide bonds. The van der Waals surface area contributed by atoms with Crippen LogP contribution in [0, 0.1) is 37.5 Å². The number of pyridine rings is 2. The van der Waals surface area contributed by atoms with E-state index < -0.39 is 27.0 Å². The Labute approximate surface area is 321 Å². The van der Waals surface area contributed by atoms with E-state index in [9.17, 15) is 8.78 Å². The van der Waals surface area contributed by atoms with E-state index in [1.54, 1.807) is 24.3 Å². The van der Waals surface area contributed by atoms with E-state index in [1.807, 2.05) is 42.5 Å². The fraction of sp³-hybridized carbons (Fsp3) is 0.0909. The minimum Gasteiger partial charge on any atom is 0 e. The van der Waals surface area contributed by atoms with Crippen molar-refractivity contribution in [3.63, 3.8) is 0 Å². The Hall–Kier alpha value is -4.75. The van der Waals surface area contributed by atoms with Crippen LogP contribution in [0.5, 0.6) is 0 Å². The standard InChI is InChI=1S/C32H25FGeNO.C12H9FN.Ir/c1-21-20-35-30(19-29(21)34(2,3)25-15-13-24(33)14-16-25)28-11-7-10-27-26-17-12-23(18-31(26)36-32(27)28)22-8-5-4-6-9-22;1-9-2-7-12(14-8-9)10-3-5-11(13)6-4-10;/h4-10,12-20H,1-3H3;2-3,5-8H,1H3;/q2*-1;/i2*1D3;. The Morgan fingerprint density at radius 2 is 1.49 bits per heavy atom. The fourth-order valence-electron chi connectivity index (χ4n) is 5.99. The summed E-state index contributed by atoms with van der Waals surface area (Å²) in [5, 5.41) is 1.93. The van der Waals surface area contributed by atoms with Crippen LogP contribution in [0.4, 0.5) is 8.78 Å². The molecule has 0 saturated carbocycles. The van der Waals surface area contributed by atoms with Crippen molar-refractivity contribution >= 4 is 44.0 Å².